The third kappa shape index (κ3) is 3.32. The van der Waals surface area contributed by atoms with Crippen molar-refractivity contribution in [3.05, 3.63) is 35.4 Å². The largest absolute Gasteiger partial charge is 0.308 e. The summed E-state index contributed by atoms with van der Waals surface area (Å²) in [6, 6.07) is 8.26. The van der Waals surface area contributed by atoms with Gasteiger partial charge in [-0.1, -0.05) is 24.3 Å². The number of carbonyl (C=O) groups excluding carboxylic acids is 2. The van der Waals surface area contributed by atoms with E-state index >= 15 is 0 Å². The van der Waals surface area contributed by atoms with Crippen molar-refractivity contribution < 1.29 is 9.59 Å². The molecular weight excluding hydrogens is 242 g/mol. The minimum Gasteiger partial charge on any atom is -0.308 e. The summed E-state index contributed by atoms with van der Waals surface area (Å²) < 4.78 is 0. The van der Waals surface area contributed by atoms with E-state index in [1.165, 1.54) is 30.0 Å². The van der Waals surface area contributed by atoms with Crippen LogP contribution in [0.3, 0.4) is 0 Å². The van der Waals surface area contributed by atoms with Crippen LogP contribution in [0, 0.1) is 0 Å². The number of amides is 2. The molecule has 1 heterocycles. The summed E-state index contributed by atoms with van der Waals surface area (Å²) in [5, 5.41) is 4.75. The smallest absolute Gasteiger partial charge is 0.237 e. The summed E-state index contributed by atoms with van der Waals surface area (Å²) in [6.45, 7) is 4.17. The number of fused-ring (bicyclic) bond motifs is 1. The number of nitrogens with zero attached hydrogens (tertiary/aromatic N) is 1. The van der Waals surface area contributed by atoms with E-state index in [1.807, 2.05) is 12.1 Å². The fourth-order valence-corrected chi connectivity index (χ4v) is 2.38. The van der Waals surface area contributed by atoms with Crippen molar-refractivity contribution in [1.82, 2.24) is 15.8 Å². The Morgan fingerprint density at radius 3 is 2.79 bits per heavy atom. The second-order valence-corrected chi connectivity index (χ2v) is 4.75. The fourth-order valence-electron chi connectivity index (χ4n) is 2.38. The first kappa shape index (κ1) is 13.5. The van der Waals surface area contributed by atoms with Crippen LogP contribution in [0.2, 0.25) is 0 Å². The molecule has 1 aliphatic rings. The van der Waals surface area contributed by atoms with Crippen LogP contribution in [0.1, 0.15) is 31.0 Å². The monoisotopic (exact) mass is 261 g/mol. The molecule has 5 heteroatoms. The summed E-state index contributed by atoms with van der Waals surface area (Å²) in [7, 11) is 0. The van der Waals surface area contributed by atoms with Gasteiger partial charge in [-0.05, 0) is 24.1 Å². The number of carbonyl (C=O) groups is 2. The zero-order valence-corrected chi connectivity index (χ0v) is 11.3. The second-order valence-electron chi connectivity index (χ2n) is 4.75. The molecule has 0 spiro atoms. The summed E-state index contributed by atoms with van der Waals surface area (Å²) in [6.07, 6.45) is 0.993. The predicted octanol–water partition coefficient (Wildman–Crippen LogP) is 0.773. The number of hydrazine groups is 1. The van der Waals surface area contributed by atoms with Crippen LogP contribution in [0.25, 0.3) is 0 Å². The van der Waals surface area contributed by atoms with Gasteiger partial charge < -0.3 is 5.32 Å². The third-order valence-corrected chi connectivity index (χ3v) is 3.25. The average molecular weight is 261 g/mol. The lowest BCUT2D eigenvalue weighted by Crippen LogP contribution is -2.49. The van der Waals surface area contributed by atoms with Gasteiger partial charge in [-0.15, -0.1) is 0 Å². The molecule has 2 rings (SSSR count). The average Bonchev–Trinajstić information content (AvgIpc) is 2.37. The Labute approximate surface area is 112 Å². The highest BCUT2D eigenvalue weighted by molar-refractivity contribution is 5.79. The van der Waals surface area contributed by atoms with Crippen LogP contribution >= 0.6 is 0 Å². The summed E-state index contributed by atoms with van der Waals surface area (Å²) in [4.78, 5) is 22.7. The van der Waals surface area contributed by atoms with Gasteiger partial charge in [-0.3, -0.25) is 20.0 Å². The summed E-state index contributed by atoms with van der Waals surface area (Å²) in [5.41, 5.74) is 5.06. The molecule has 19 heavy (non-hydrogen) atoms. The van der Waals surface area contributed by atoms with Crippen molar-refractivity contribution >= 4 is 11.8 Å². The minimum absolute atomic E-state index is 0.0562. The maximum Gasteiger partial charge on any atom is 0.237 e. The van der Waals surface area contributed by atoms with Crippen LogP contribution in [-0.4, -0.2) is 29.9 Å². The van der Waals surface area contributed by atoms with Gasteiger partial charge in [0, 0.05) is 13.8 Å². The molecule has 0 saturated heterocycles. The number of nitrogens with one attached hydrogen (secondary N) is 2. The van der Waals surface area contributed by atoms with Crippen LogP contribution in [0.4, 0.5) is 0 Å². The van der Waals surface area contributed by atoms with E-state index in [2.05, 4.69) is 22.9 Å². The molecule has 1 aromatic carbocycles. The van der Waals surface area contributed by atoms with E-state index in [9.17, 15) is 9.59 Å². The van der Waals surface area contributed by atoms with E-state index < -0.39 is 0 Å². The second kappa shape index (κ2) is 5.84. The molecule has 0 aliphatic carbocycles. The molecule has 0 saturated carbocycles. The van der Waals surface area contributed by atoms with Crippen molar-refractivity contribution in [2.45, 2.75) is 26.3 Å². The lowest BCUT2D eigenvalue weighted by molar-refractivity contribution is -0.139. The van der Waals surface area contributed by atoms with E-state index in [0.29, 0.717) is 6.54 Å². The molecule has 102 valence electrons. The third-order valence-electron chi connectivity index (χ3n) is 3.25. The molecular formula is C14H19N3O2. The fraction of sp³-hybridized carbons (Fsp3) is 0.429. The molecule has 0 radical (unpaired) electrons. The Kier molecular flexibility index (Phi) is 4.16. The van der Waals surface area contributed by atoms with Gasteiger partial charge in [0.15, 0.2) is 0 Å². The Hall–Kier alpha value is -1.88. The van der Waals surface area contributed by atoms with Crippen molar-refractivity contribution in [2.24, 2.45) is 0 Å². The zero-order chi connectivity index (χ0) is 13.8. The van der Waals surface area contributed by atoms with Crippen molar-refractivity contribution in [1.29, 1.82) is 0 Å². The van der Waals surface area contributed by atoms with E-state index in [0.717, 1.165) is 13.0 Å². The lowest BCUT2D eigenvalue weighted by atomic mass is 9.94. The van der Waals surface area contributed by atoms with E-state index in [-0.39, 0.29) is 17.9 Å². The van der Waals surface area contributed by atoms with Gasteiger partial charge in [0.25, 0.3) is 0 Å². The first-order valence-corrected chi connectivity index (χ1v) is 6.44. The van der Waals surface area contributed by atoms with E-state index in [4.69, 9.17) is 0 Å². The summed E-state index contributed by atoms with van der Waals surface area (Å²) in [5.74, 6) is -0.403. The van der Waals surface area contributed by atoms with Crippen LogP contribution in [0.15, 0.2) is 24.3 Å². The van der Waals surface area contributed by atoms with E-state index in [1.54, 1.807) is 0 Å². The maximum absolute atomic E-state index is 11.5. The van der Waals surface area contributed by atoms with Crippen molar-refractivity contribution in [3.63, 3.8) is 0 Å². The Balaban J connectivity index is 2.14. The highest BCUT2D eigenvalue weighted by Crippen LogP contribution is 2.23. The highest BCUT2D eigenvalue weighted by atomic mass is 16.2. The molecule has 0 fully saturated rings. The molecule has 1 atom stereocenters. The molecule has 0 bridgehead atoms. The first-order chi connectivity index (χ1) is 9.08. The Bertz CT molecular complexity index is 487. The van der Waals surface area contributed by atoms with Crippen LogP contribution in [-0.2, 0) is 16.0 Å². The number of hydrogen-bond acceptors (Lipinski definition) is 3. The standard InChI is InChI=1S/C14H19N3O2/c1-10(18)16-17(11(2)19)9-14-13-6-4-3-5-12(13)7-8-15-14/h3-6,14-15H,7-9H2,1-2H3,(H,16,18). The van der Waals surface area contributed by atoms with Crippen molar-refractivity contribution in [3.8, 4) is 0 Å². The number of rotatable bonds is 2. The van der Waals surface area contributed by atoms with Crippen LogP contribution < -0.4 is 10.7 Å². The quantitative estimate of drug-likeness (QED) is 0.773. The Morgan fingerprint density at radius 1 is 1.37 bits per heavy atom. The van der Waals surface area contributed by atoms with Gasteiger partial charge in [-0.2, -0.15) is 0 Å². The Morgan fingerprint density at radius 2 is 2.11 bits per heavy atom. The van der Waals surface area contributed by atoms with Gasteiger partial charge >= 0.3 is 0 Å². The normalized spacial score (nSPS) is 17.5. The SMILES string of the molecule is CC(=O)NN(CC1NCCc2ccccc21)C(C)=O. The van der Waals surface area contributed by atoms with Crippen molar-refractivity contribution in [2.75, 3.05) is 13.1 Å². The van der Waals surface area contributed by atoms with Crippen LogP contribution in [0.5, 0.6) is 0 Å². The van der Waals surface area contributed by atoms with Gasteiger partial charge in [0.05, 0.1) is 12.6 Å². The lowest BCUT2D eigenvalue weighted by Gasteiger charge is -2.31. The molecule has 1 unspecified atom stereocenters. The topological polar surface area (TPSA) is 61.4 Å². The first-order valence-electron chi connectivity index (χ1n) is 6.44. The molecule has 1 aromatic rings. The number of benzene rings is 1. The van der Waals surface area contributed by atoms with Gasteiger partial charge in [0.1, 0.15) is 0 Å². The molecule has 5 nitrogen and oxygen atoms in total. The summed E-state index contributed by atoms with van der Waals surface area (Å²) >= 11 is 0. The minimum atomic E-state index is -0.237. The van der Waals surface area contributed by atoms with Gasteiger partial charge in [-0.25, -0.2) is 0 Å². The molecule has 1 aliphatic heterocycles. The van der Waals surface area contributed by atoms with Gasteiger partial charge in [0.2, 0.25) is 11.8 Å². The highest BCUT2D eigenvalue weighted by Gasteiger charge is 2.23. The zero-order valence-electron chi connectivity index (χ0n) is 11.3. The molecule has 2 amide bonds. The molecule has 0 aromatic heterocycles. The number of hydrogen-bond donors (Lipinski definition) is 2. The maximum atomic E-state index is 11.5. The molecule has 2 N–H and O–H groups in total. The predicted molar refractivity (Wildman–Crippen MR) is 72.1 cm³/mol.